The summed E-state index contributed by atoms with van der Waals surface area (Å²) in [5, 5.41) is 2.85. The van der Waals surface area contributed by atoms with Gasteiger partial charge in [0.1, 0.15) is 17.0 Å². The van der Waals surface area contributed by atoms with Gasteiger partial charge in [-0.1, -0.05) is 58.4 Å². The first-order valence-electron chi connectivity index (χ1n) is 10.4. The molecule has 2 heterocycles. The van der Waals surface area contributed by atoms with Gasteiger partial charge < -0.3 is 14.2 Å². The number of rotatable bonds is 6. The molecular weight excluding hydrogens is 480 g/mol. The quantitative estimate of drug-likeness (QED) is 0.253. The van der Waals surface area contributed by atoms with Crippen molar-refractivity contribution in [3.8, 4) is 11.3 Å². The van der Waals surface area contributed by atoms with Gasteiger partial charge in [-0.05, 0) is 54.1 Å². The summed E-state index contributed by atoms with van der Waals surface area (Å²) in [5.41, 5.74) is 4.13. The minimum absolute atomic E-state index is 0.260. The number of furan rings is 1. The number of hydrogen-bond acceptors (Lipinski definition) is 4. The summed E-state index contributed by atoms with van der Waals surface area (Å²) in [4.78, 5) is 16.9. The lowest BCUT2D eigenvalue weighted by Crippen LogP contribution is -2.07. The van der Waals surface area contributed by atoms with Gasteiger partial charge in [-0.25, -0.2) is 4.98 Å². The van der Waals surface area contributed by atoms with Gasteiger partial charge in [0.25, 0.3) is 0 Å². The second kappa shape index (κ2) is 9.30. The zero-order valence-corrected chi connectivity index (χ0v) is 19.1. The molecule has 0 spiro atoms. The molecule has 0 aliphatic rings. The number of fused-ring (bicyclic) bond motifs is 1. The van der Waals surface area contributed by atoms with Crippen molar-refractivity contribution in [3.63, 3.8) is 0 Å². The fourth-order valence-corrected chi connectivity index (χ4v) is 3.72. The van der Waals surface area contributed by atoms with E-state index in [9.17, 15) is 4.79 Å². The van der Waals surface area contributed by atoms with Crippen LogP contribution in [0.25, 0.3) is 28.5 Å². The molecule has 0 aliphatic heterocycles. The number of nitrogens with one attached hydrogen (secondary N) is 1. The molecule has 0 fully saturated rings. The van der Waals surface area contributed by atoms with Crippen molar-refractivity contribution < 1.29 is 13.6 Å². The van der Waals surface area contributed by atoms with E-state index in [1.165, 1.54) is 6.08 Å². The summed E-state index contributed by atoms with van der Waals surface area (Å²) in [7, 11) is 0. The topological polar surface area (TPSA) is 68.3 Å². The van der Waals surface area contributed by atoms with Gasteiger partial charge in [-0.15, -0.1) is 0 Å². The van der Waals surface area contributed by atoms with Crippen LogP contribution in [0.2, 0.25) is 0 Å². The maximum absolute atomic E-state index is 12.4. The van der Waals surface area contributed by atoms with Crippen LogP contribution in [0.4, 0.5) is 5.69 Å². The third-order valence-electron chi connectivity index (χ3n) is 5.05. The van der Waals surface area contributed by atoms with E-state index in [0.717, 1.165) is 21.4 Å². The number of oxazole rings is 1. The number of benzene rings is 3. The Kier molecular flexibility index (Phi) is 5.91. The molecule has 0 saturated carbocycles. The molecule has 0 aliphatic carbocycles. The highest BCUT2D eigenvalue weighted by molar-refractivity contribution is 9.10. The zero-order valence-electron chi connectivity index (χ0n) is 17.5. The first-order valence-corrected chi connectivity index (χ1v) is 11.2. The molecule has 33 heavy (non-hydrogen) atoms. The zero-order chi connectivity index (χ0) is 22.6. The Bertz CT molecular complexity index is 1430. The van der Waals surface area contributed by atoms with Gasteiger partial charge in [0.15, 0.2) is 11.5 Å². The Morgan fingerprint density at radius 2 is 1.76 bits per heavy atom. The summed E-state index contributed by atoms with van der Waals surface area (Å²) >= 11 is 3.42. The van der Waals surface area contributed by atoms with E-state index in [2.05, 4.69) is 26.2 Å². The van der Waals surface area contributed by atoms with Crippen molar-refractivity contribution in [2.24, 2.45) is 0 Å². The van der Waals surface area contributed by atoms with Crippen molar-refractivity contribution >= 4 is 44.7 Å². The average molecular weight is 499 g/mol. The van der Waals surface area contributed by atoms with E-state index >= 15 is 0 Å². The number of anilines is 1. The Balaban J connectivity index is 1.24. The third-order valence-corrected chi connectivity index (χ3v) is 5.58. The number of hydrogen-bond donors (Lipinski definition) is 1. The molecule has 0 radical (unpaired) electrons. The van der Waals surface area contributed by atoms with Crippen molar-refractivity contribution in [1.82, 2.24) is 4.98 Å². The van der Waals surface area contributed by atoms with Crippen LogP contribution < -0.4 is 5.32 Å². The molecule has 0 saturated heterocycles. The van der Waals surface area contributed by atoms with E-state index in [4.69, 9.17) is 8.83 Å². The van der Waals surface area contributed by atoms with Gasteiger partial charge in [-0.2, -0.15) is 0 Å². The lowest BCUT2D eigenvalue weighted by atomic mass is 10.1. The molecule has 1 N–H and O–H groups in total. The predicted molar refractivity (Wildman–Crippen MR) is 133 cm³/mol. The number of carbonyl (C=O) groups is 1. The third kappa shape index (κ3) is 5.13. The monoisotopic (exact) mass is 498 g/mol. The Morgan fingerprint density at radius 1 is 0.939 bits per heavy atom. The summed E-state index contributed by atoms with van der Waals surface area (Å²) in [6.07, 6.45) is 3.70. The SMILES string of the molecule is O=C(/C=C/c1ccc(-c2ccc(Br)cc2)o1)Nc1ccc2oc(Cc3ccccc3)nc2c1. The summed E-state index contributed by atoms with van der Waals surface area (Å²) in [5.74, 6) is 1.72. The van der Waals surface area contributed by atoms with Crippen LogP contribution in [0.1, 0.15) is 17.2 Å². The van der Waals surface area contributed by atoms with E-state index in [1.54, 1.807) is 18.2 Å². The highest BCUT2D eigenvalue weighted by Gasteiger charge is 2.09. The molecule has 5 aromatic rings. The molecular formula is C27H19BrN2O3. The Morgan fingerprint density at radius 3 is 2.58 bits per heavy atom. The predicted octanol–water partition coefficient (Wildman–Crippen LogP) is 7.09. The second-order valence-electron chi connectivity index (χ2n) is 7.48. The van der Waals surface area contributed by atoms with Crippen LogP contribution in [-0.2, 0) is 11.2 Å². The molecule has 5 nitrogen and oxygen atoms in total. The van der Waals surface area contributed by atoms with Gasteiger partial charge in [-0.3, -0.25) is 4.79 Å². The second-order valence-corrected chi connectivity index (χ2v) is 8.40. The van der Waals surface area contributed by atoms with Gasteiger partial charge >= 0.3 is 0 Å². The molecule has 162 valence electrons. The van der Waals surface area contributed by atoms with Crippen molar-refractivity contribution in [1.29, 1.82) is 0 Å². The number of amides is 1. The fraction of sp³-hybridized carbons (Fsp3) is 0.0370. The maximum Gasteiger partial charge on any atom is 0.248 e. The first kappa shape index (κ1) is 21.0. The highest BCUT2D eigenvalue weighted by atomic mass is 79.9. The normalized spacial score (nSPS) is 11.3. The molecule has 2 aromatic heterocycles. The Labute approximate surface area is 198 Å². The first-order chi connectivity index (χ1) is 16.1. The number of halogens is 1. The molecule has 5 rings (SSSR count). The minimum Gasteiger partial charge on any atom is -0.457 e. The molecule has 3 aromatic carbocycles. The van der Waals surface area contributed by atoms with E-state index in [0.29, 0.717) is 34.9 Å². The minimum atomic E-state index is -0.260. The van der Waals surface area contributed by atoms with E-state index < -0.39 is 0 Å². The lowest BCUT2D eigenvalue weighted by Gasteiger charge is -2.01. The number of carbonyl (C=O) groups excluding carboxylic acids is 1. The molecule has 6 heteroatoms. The number of aromatic nitrogens is 1. The molecule has 1 amide bonds. The van der Waals surface area contributed by atoms with Crippen molar-refractivity contribution in [3.05, 3.63) is 113 Å². The molecule has 0 atom stereocenters. The van der Waals surface area contributed by atoms with Gasteiger partial charge in [0.05, 0.1) is 0 Å². The van der Waals surface area contributed by atoms with Crippen LogP contribution in [0.3, 0.4) is 0 Å². The van der Waals surface area contributed by atoms with Crippen LogP contribution in [0.5, 0.6) is 0 Å². The lowest BCUT2D eigenvalue weighted by molar-refractivity contribution is -0.111. The van der Waals surface area contributed by atoms with Gasteiger partial charge in [0, 0.05) is 28.2 Å². The average Bonchev–Trinajstić information content (AvgIpc) is 3.45. The van der Waals surface area contributed by atoms with Crippen LogP contribution in [0, 0.1) is 0 Å². The molecule has 0 bridgehead atoms. The maximum atomic E-state index is 12.4. The summed E-state index contributed by atoms with van der Waals surface area (Å²) in [6.45, 7) is 0. The van der Waals surface area contributed by atoms with Crippen LogP contribution in [-0.4, -0.2) is 10.9 Å². The van der Waals surface area contributed by atoms with E-state index in [1.807, 2.05) is 72.8 Å². The van der Waals surface area contributed by atoms with Crippen molar-refractivity contribution in [2.75, 3.05) is 5.32 Å². The highest BCUT2D eigenvalue weighted by Crippen LogP contribution is 2.25. The van der Waals surface area contributed by atoms with E-state index in [-0.39, 0.29) is 5.91 Å². The summed E-state index contributed by atoms with van der Waals surface area (Å²) in [6, 6.07) is 27.0. The smallest absolute Gasteiger partial charge is 0.248 e. The van der Waals surface area contributed by atoms with Gasteiger partial charge in [0.2, 0.25) is 5.91 Å². The molecule has 0 unspecified atom stereocenters. The van der Waals surface area contributed by atoms with Crippen molar-refractivity contribution in [2.45, 2.75) is 6.42 Å². The standard InChI is InChI=1S/C27H19BrN2O3/c28-20-8-6-19(7-9-20)24-14-11-22(32-24)12-15-26(31)29-21-10-13-25-23(17-21)30-27(33-25)16-18-4-2-1-3-5-18/h1-15,17H,16H2,(H,29,31)/b15-12+. The summed E-state index contributed by atoms with van der Waals surface area (Å²) < 4.78 is 12.7. The van der Waals surface area contributed by atoms with Crippen LogP contribution in [0.15, 0.2) is 104 Å². The largest absolute Gasteiger partial charge is 0.457 e. The fourth-order valence-electron chi connectivity index (χ4n) is 3.45. The van der Waals surface area contributed by atoms with Crippen LogP contribution >= 0.6 is 15.9 Å². The number of nitrogens with zero attached hydrogens (tertiary/aromatic N) is 1. The Hall–Kier alpha value is -3.90.